The summed E-state index contributed by atoms with van der Waals surface area (Å²) in [6.45, 7) is 6.68. The van der Waals surface area contributed by atoms with E-state index in [0.717, 1.165) is 29.9 Å². The Morgan fingerprint density at radius 3 is 1.94 bits per heavy atom. The van der Waals surface area contributed by atoms with Crippen LogP contribution in [0.5, 0.6) is 11.5 Å². The average molecular weight is 251 g/mol. The third-order valence-corrected chi connectivity index (χ3v) is 3.01. The van der Waals surface area contributed by atoms with E-state index in [9.17, 15) is 0 Å². The maximum atomic E-state index is 6.24. The van der Waals surface area contributed by atoms with Gasteiger partial charge in [-0.2, -0.15) is 0 Å². The van der Waals surface area contributed by atoms with Crippen LogP contribution in [0.25, 0.3) is 0 Å². The smallest absolute Gasteiger partial charge is 0.122 e. The quantitative estimate of drug-likeness (QED) is 0.870. The maximum Gasteiger partial charge on any atom is 0.122 e. The van der Waals surface area contributed by atoms with Crippen molar-refractivity contribution in [3.05, 3.63) is 23.8 Å². The zero-order chi connectivity index (χ0) is 13.8. The lowest BCUT2D eigenvalue weighted by Crippen LogP contribution is -2.14. The Labute approximate surface area is 110 Å². The molecule has 0 aliphatic carbocycles. The van der Waals surface area contributed by atoms with Gasteiger partial charge in [-0.3, -0.25) is 0 Å². The van der Waals surface area contributed by atoms with Gasteiger partial charge in [-0.15, -0.1) is 0 Å². The number of ether oxygens (including phenoxy) is 2. The van der Waals surface area contributed by atoms with Crippen LogP contribution in [0.4, 0.5) is 0 Å². The summed E-state index contributed by atoms with van der Waals surface area (Å²) in [4.78, 5) is 0. The second kappa shape index (κ2) is 6.10. The predicted octanol–water partition coefficient (Wildman–Crippen LogP) is 3.53. The Morgan fingerprint density at radius 2 is 1.56 bits per heavy atom. The second-order valence-electron chi connectivity index (χ2n) is 5.85. The van der Waals surface area contributed by atoms with E-state index < -0.39 is 0 Å². The largest absolute Gasteiger partial charge is 0.497 e. The van der Waals surface area contributed by atoms with Gasteiger partial charge in [0.1, 0.15) is 11.5 Å². The van der Waals surface area contributed by atoms with Gasteiger partial charge < -0.3 is 15.2 Å². The van der Waals surface area contributed by atoms with Crippen LogP contribution in [0.3, 0.4) is 0 Å². The van der Waals surface area contributed by atoms with E-state index in [2.05, 4.69) is 20.8 Å². The molecule has 3 heteroatoms. The molecule has 102 valence electrons. The van der Waals surface area contributed by atoms with E-state index >= 15 is 0 Å². The fraction of sp³-hybridized carbons (Fsp3) is 0.600. The molecule has 2 N–H and O–H groups in total. The number of rotatable bonds is 5. The third-order valence-electron chi connectivity index (χ3n) is 3.01. The Hall–Kier alpha value is -1.22. The minimum Gasteiger partial charge on any atom is -0.497 e. The van der Waals surface area contributed by atoms with Crippen LogP contribution in [-0.4, -0.2) is 14.2 Å². The van der Waals surface area contributed by atoms with Gasteiger partial charge in [0.2, 0.25) is 0 Å². The first kappa shape index (κ1) is 14.8. The molecular formula is C15H25NO2. The standard InChI is InChI=1S/C15H25NO2/c1-15(2,3)7-6-14(16)11-8-12(17-4)10-13(9-11)18-5/h8-10,14H,6-7,16H2,1-5H3. The molecule has 0 amide bonds. The van der Waals surface area contributed by atoms with Gasteiger partial charge in [-0.25, -0.2) is 0 Å². The molecule has 0 aliphatic rings. The molecule has 18 heavy (non-hydrogen) atoms. The van der Waals surface area contributed by atoms with E-state index in [1.807, 2.05) is 18.2 Å². The molecule has 1 aromatic rings. The van der Waals surface area contributed by atoms with Gasteiger partial charge in [-0.05, 0) is 36.0 Å². The van der Waals surface area contributed by atoms with Crippen LogP contribution < -0.4 is 15.2 Å². The summed E-state index contributed by atoms with van der Waals surface area (Å²) in [5, 5.41) is 0. The fourth-order valence-corrected chi connectivity index (χ4v) is 1.80. The van der Waals surface area contributed by atoms with Gasteiger partial charge in [0.05, 0.1) is 14.2 Å². The second-order valence-corrected chi connectivity index (χ2v) is 5.85. The molecule has 1 unspecified atom stereocenters. The Balaban J connectivity index is 2.81. The molecule has 1 aromatic carbocycles. The summed E-state index contributed by atoms with van der Waals surface area (Å²) in [5.74, 6) is 1.58. The molecule has 0 radical (unpaired) electrons. The monoisotopic (exact) mass is 251 g/mol. The molecule has 0 fully saturated rings. The maximum absolute atomic E-state index is 6.24. The van der Waals surface area contributed by atoms with Crippen molar-refractivity contribution in [1.82, 2.24) is 0 Å². The summed E-state index contributed by atoms with van der Waals surface area (Å²) >= 11 is 0. The first-order valence-corrected chi connectivity index (χ1v) is 6.34. The van der Waals surface area contributed by atoms with Gasteiger partial charge in [0, 0.05) is 12.1 Å². The molecule has 3 nitrogen and oxygen atoms in total. The summed E-state index contributed by atoms with van der Waals surface area (Å²) < 4.78 is 10.5. The Kier molecular flexibility index (Phi) is 5.03. The number of benzene rings is 1. The summed E-state index contributed by atoms with van der Waals surface area (Å²) in [6, 6.07) is 5.85. The van der Waals surface area contributed by atoms with E-state index in [1.165, 1.54) is 0 Å². The third kappa shape index (κ3) is 4.57. The average Bonchev–Trinajstić information content (AvgIpc) is 2.34. The number of hydrogen-bond donors (Lipinski definition) is 1. The predicted molar refractivity (Wildman–Crippen MR) is 75.2 cm³/mol. The first-order valence-electron chi connectivity index (χ1n) is 6.34. The van der Waals surface area contributed by atoms with Gasteiger partial charge >= 0.3 is 0 Å². The zero-order valence-electron chi connectivity index (χ0n) is 12.1. The lowest BCUT2D eigenvalue weighted by molar-refractivity contribution is 0.348. The molecule has 1 atom stereocenters. The normalized spacial score (nSPS) is 13.2. The van der Waals surface area contributed by atoms with E-state index in [1.54, 1.807) is 14.2 Å². The van der Waals surface area contributed by atoms with E-state index in [-0.39, 0.29) is 6.04 Å². The summed E-state index contributed by atoms with van der Waals surface area (Å²) in [6.07, 6.45) is 2.05. The van der Waals surface area contributed by atoms with Crippen molar-refractivity contribution in [3.63, 3.8) is 0 Å². The van der Waals surface area contributed by atoms with E-state index in [0.29, 0.717) is 5.41 Å². The van der Waals surface area contributed by atoms with Crippen LogP contribution in [-0.2, 0) is 0 Å². The highest BCUT2D eigenvalue weighted by molar-refractivity contribution is 5.39. The molecule has 0 aliphatic heterocycles. The lowest BCUT2D eigenvalue weighted by atomic mass is 9.87. The molecule has 0 spiro atoms. The topological polar surface area (TPSA) is 44.5 Å². The SMILES string of the molecule is COc1cc(OC)cc(C(N)CCC(C)(C)C)c1. The number of hydrogen-bond acceptors (Lipinski definition) is 3. The van der Waals surface area contributed by atoms with Gasteiger partial charge in [-0.1, -0.05) is 20.8 Å². The molecule has 0 saturated heterocycles. The van der Waals surface area contributed by atoms with Crippen LogP contribution in [0.2, 0.25) is 0 Å². The molecule has 0 bridgehead atoms. The number of methoxy groups -OCH3 is 2. The van der Waals surface area contributed by atoms with Crippen molar-refractivity contribution in [1.29, 1.82) is 0 Å². The number of nitrogens with two attached hydrogens (primary N) is 1. The minimum absolute atomic E-state index is 0.0215. The van der Waals surface area contributed by atoms with Crippen molar-refractivity contribution in [2.45, 2.75) is 39.7 Å². The lowest BCUT2D eigenvalue weighted by Gasteiger charge is -2.21. The molecule has 0 heterocycles. The van der Waals surface area contributed by atoms with E-state index in [4.69, 9.17) is 15.2 Å². The molecule has 0 aromatic heterocycles. The van der Waals surface area contributed by atoms with Crippen LogP contribution >= 0.6 is 0 Å². The van der Waals surface area contributed by atoms with Crippen molar-refractivity contribution in [3.8, 4) is 11.5 Å². The highest BCUT2D eigenvalue weighted by Gasteiger charge is 2.15. The van der Waals surface area contributed by atoms with Crippen LogP contribution in [0.15, 0.2) is 18.2 Å². The molecule has 1 rings (SSSR count). The Bertz CT molecular complexity index is 360. The van der Waals surface area contributed by atoms with Gasteiger partial charge in [0.25, 0.3) is 0 Å². The summed E-state index contributed by atoms with van der Waals surface area (Å²) in [7, 11) is 3.30. The highest BCUT2D eigenvalue weighted by atomic mass is 16.5. The minimum atomic E-state index is 0.0215. The van der Waals surface area contributed by atoms with Crippen molar-refractivity contribution < 1.29 is 9.47 Å². The van der Waals surface area contributed by atoms with Gasteiger partial charge in [0.15, 0.2) is 0 Å². The van der Waals surface area contributed by atoms with Crippen molar-refractivity contribution in [2.24, 2.45) is 11.1 Å². The summed E-state index contributed by atoms with van der Waals surface area (Å²) in [5.41, 5.74) is 7.61. The fourth-order valence-electron chi connectivity index (χ4n) is 1.80. The highest BCUT2D eigenvalue weighted by Crippen LogP contribution is 2.30. The van der Waals surface area contributed by atoms with Crippen LogP contribution in [0, 0.1) is 5.41 Å². The van der Waals surface area contributed by atoms with Crippen LogP contribution in [0.1, 0.15) is 45.2 Å². The first-order chi connectivity index (χ1) is 8.35. The zero-order valence-corrected chi connectivity index (χ0v) is 12.1. The molecule has 0 saturated carbocycles. The molecular weight excluding hydrogens is 226 g/mol. The van der Waals surface area contributed by atoms with Crippen molar-refractivity contribution >= 4 is 0 Å². The Morgan fingerprint density at radius 1 is 1.06 bits per heavy atom. The van der Waals surface area contributed by atoms with Crippen molar-refractivity contribution in [2.75, 3.05) is 14.2 Å².